The fraction of sp³-hybridized carbons (Fsp3) is 0.640. The largest absolute Gasteiger partial charge is 0.444 e. The molecule has 8 heteroatoms. The highest BCUT2D eigenvalue weighted by atomic mass is 32.1. The third-order valence-corrected chi connectivity index (χ3v) is 5.18. The molecule has 3 amide bonds. The van der Waals surface area contributed by atoms with Gasteiger partial charge in [-0.3, -0.25) is 9.59 Å². The number of alkyl carbamates (subject to hydrolysis) is 1. The molecule has 0 fully saturated rings. The Labute approximate surface area is 204 Å². The Morgan fingerprint density at radius 2 is 1.67 bits per heavy atom. The summed E-state index contributed by atoms with van der Waals surface area (Å²) in [5, 5.41) is 5.57. The molecule has 33 heavy (non-hydrogen) atoms. The fourth-order valence-electron chi connectivity index (χ4n) is 3.38. The zero-order valence-electron chi connectivity index (χ0n) is 20.9. The van der Waals surface area contributed by atoms with E-state index in [1.54, 1.807) is 25.7 Å². The second kappa shape index (κ2) is 14.1. The van der Waals surface area contributed by atoms with Crippen LogP contribution in [0.4, 0.5) is 4.79 Å². The molecule has 186 valence electrons. The van der Waals surface area contributed by atoms with Crippen molar-refractivity contribution in [1.82, 2.24) is 15.5 Å². The molecule has 0 aliphatic heterocycles. The van der Waals surface area contributed by atoms with Crippen LogP contribution in [0.25, 0.3) is 0 Å². The monoisotopic (exact) mass is 479 g/mol. The van der Waals surface area contributed by atoms with Gasteiger partial charge < -0.3 is 20.3 Å². The summed E-state index contributed by atoms with van der Waals surface area (Å²) in [6.07, 6.45) is 3.11. The molecule has 0 aliphatic carbocycles. The lowest BCUT2D eigenvalue weighted by atomic mass is 10.0. The number of amides is 3. The number of unbranched alkanes of at least 4 members (excludes halogenated alkanes) is 3. The summed E-state index contributed by atoms with van der Waals surface area (Å²) < 4.78 is 5.32. The Kier molecular flexibility index (Phi) is 12.3. The average Bonchev–Trinajstić information content (AvgIpc) is 2.72. The maximum Gasteiger partial charge on any atom is 0.408 e. The highest BCUT2D eigenvalue weighted by molar-refractivity contribution is 7.80. The molecule has 0 saturated carbocycles. The van der Waals surface area contributed by atoms with E-state index in [0.29, 0.717) is 6.54 Å². The van der Waals surface area contributed by atoms with E-state index in [-0.39, 0.29) is 23.6 Å². The molecule has 0 radical (unpaired) electrons. The first-order chi connectivity index (χ1) is 15.5. The van der Waals surface area contributed by atoms with Gasteiger partial charge >= 0.3 is 6.09 Å². The number of nitrogens with one attached hydrogen (secondary N) is 2. The van der Waals surface area contributed by atoms with Crippen LogP contribution in [-0.2, 0) is 14.3 Å². The van der Waals surface area contributed by atoms with E-state index in [4.69, 9.17) is 4.74 Å². The van der Waals surface area contributed by atoms with Crippen LogP contribution in [0.15, 0.2) is 30.3 Å². The normalized spacial score (nSPS) is 13.2. The van der Waals surface area contributed by atoms with E-state index < -0.39 is 23.8 Å². The Morgan fingerprint density at radius 3 is 2.18 bits per heavy atom. The minimum absolute atomic E-state index is 0.0802. The van der Waals surface area contributed by atoms with Crippen molar-refractivity contribution in [1.29, 1.82) is 0 Å². The third-order valence-electron chi connectivity index (χ3n) is 4.81. The molecule has 0 aromatic heterocycles. The summed E-state index contributed by atoms with van der Waals surface area (Å²) >= 11 is 4.30. The highest BCUT2D eigenvalue weighted by Gasteiger charge is 2.35. The number of carbonyl (C=O) groups excluding carboxylic acids is 3. The standard InChI is InChI=1S/C25H41N3O4S/c1-7-8-9-13-16-28(23(30)20(17-33)27-24(31)32-25(4,5)6)21(22(29)26-18(2)3)19-14-11-10-12-15-19/h10-12,14-15,18,20-21,33H,7-9,13,16-17H2,1-6H3,(H,26,29)(H,27,31). The van der Waals surface area contributed by atoms with Crippen LogP contribution < -0.4 is 10.6 Å². The Hall–Kier alpha value is -2.22. The SMILES string of the molecule is CCCCCCN(C(=O)C(CS)NC(=O)OC(C)(C)C)C(C(=O)NC(C)C)c1ccccc1. The second-order valence-electron chi connectivity index (χ2n) is 9.45. The Bertz CT molecular complexity index is 750. The molecule has 1 aromatic rings. The Balaban J connectivity index is 3.27. The fourth-order valence-corrected chi connectivity index (χ4v) is 3.63. The molecule has 0 heterocycles. The van der Waals surface area contributed by atoms with Gasteiger partial charge in [0, 0.05) is 18.3 Å². The molecule has 2 atom stereocenters. The molecular weight excluding hydrogens is 438 g/mol. The number of benzene rings is 1. The minimum atomic E-state index is -0.924. The van der Waals surface area contributed by atoms with Gasteiger partial charge in [0.05, 0.1) is 0 Å². The van der Waals surface area contributed by atoms with Gasteiger partial charge in [0.1, 0.15) is 17.7 Å². The van der Waals surface area contributed by atoms with Crippen molar-refractivity contribution in [2.45, 2.75) is 91.0 Å². The van der Waals surface area contributed by atoms with Gasteiger partial charge in [0.15, 0.2) is 0 Å². The summed E-state index contributed by atoms with van der Waals surface area (Å²) in [4.78, 5) is 40.9. The van der Waals surface area contributed by atoms with E-state index in [0.717, 1.165) is 31.2 Å². The van der Waals surface area contributed by atoms with E-state index in [9.17, 15) is 14.4 Å². The molecule has 0 aliphatic rings. The molecule has 0 bridgehead atoms. The minimum Gasteiger partial charge on any atom is -0.444 e. The predicted octanol–water partition coefficient (Wildman–Crippen LogP) is 4.48. The number of nitrogens with zero attached hydrogens (tertiary/aromatic N) is 1. The molecule has 0 saturated heterocycles. The molecule has 7 nitrogen and oxygen atoms in total. The van der Waals surface area contributed by atoms with Crippen molar-refractivity contribution >= 4 is 30.5 Å². The first-order valence-electron chi connectivity index (χ1n) is 11.8. The number of hydrogen-bond acceptors (Lipinski definition) is 5. The number of rotatable bonds is 12. The smallest absolute Gasteiger partial charge is 0.408 e. The van der Waals surface area contributed by atoms with Gasteiger partial charge in [0.2, 0.25) is 11.8 Å². The quantitative estimate of drug-likeness (QED) is 0.305. The van der Waals surface area contributed by atoms with Crippen LogP contribution in [0.1, 0.15) is 78.8 Å². The summed E-state index contributed by atoms with van der Waals surface area (Å²) in [6.45, 7) is 11.5. The lowest BCUT2D eigenvalue weighted by Crippen LogP contribution is -2.54. The predicted molar refractivity (Wildman–Crippen MR) is 135 cm³/mol. The van der Waals surface area contributed by atoms with Crippen molar-refractivity contribution < 1.29 is 19.1 Å². The average molecular weight is 480 g/mol. The molecule has 1 rings (SSSR count). The zero-order chi connectivity index (χ0) is 25.0. The Morgan fingerprint density at radius 1 is 1.03 bits per heavy atom. The second-order valence-corrected chi connectivity index (χ2v) is 9.82. The third kappa shape index (κ3) is 10.5. The summed E-state index contributed by atoms with van der Waals surface area (Å²) in [7, 11) is 0. The van der Waals surface area contributed by atoms with Crippen molar-refractivity contribution in [3.8, 4) is 0 Å². The maximum atomic E-state index is 13.7. The van der Waals surface area contributed by atoms with Crippen LogP contribution >= 0.6 is 12.6 Å². The summed E-state index contributed by atoms with van der Waals surface area (Å²) in [6, 6.07) is 7.43. The lowest BCUT2D eigenvalue weighted by molar-refractivity contribution is -0.142. The molecule has 2 unspecified atom stereocenters. The van der Waals surface area contributed by atoms with Gasteiger partial charge in [-0.05, 0) is 46.6 Å². The van der Waals surface area contributed by atoms with Gasteiger partial charge in [-0.2, -0.15) is 12.6 Å². The van der Waals surface area contributed by atoms with Gasteiger partial charge in [-0.15, -0.1) is 0 Å². The number of thiol groups is 1. The molecule has 1 aromatic carbocycles. The van der Waals surface area contributed by atoms with Gasteiger partial charge in [-0.25, -0.2) is 4.79 Å². The van der Waals surface area contributed by atoms with Crippen LogP contribution in [0.5, 0.6) is 0 Å². The summed E-state index contributed by atoms with van der Waals surface area (Å²) in [5.41, 5.74) is 0.0207. The summed E-state index contributed by atoms with van der Waals surface area (Å²) in [5.74, 6) is -0.535. The van der Waals surface area contributed by atoms with E-state index in [1.165, 1.54) is 0 Å². The molecular formula is C25H41N3O4S. The van der Waals surface area contributed by atoms with E-state index in [1.807, 2.05) is 44.2 Å². The van der Waals surface area contributed by atoms with Crippen molar-refractivity contribution in [2.75, 3.05) is 12.3 Å². The number of carbonyl (C=O) groups is 3. The molecule has 0 spiro atoms. The maximum absolute atomic E-state index is 13.7. The topological polar surface area (TPSA) is 87.7 Å². The van der Waals surface area contributed by atoms with Crippen LogP contribution in [-0.4, -0.2) is 52.8 Å². The van der Waals surface area contributed by atoms with Gasteiger partial charge in [0.25, 0.3) is 0 Å². The van der Waals surface area contributed by atoms with E-state index >= 15 is 0 Å². The zero-order valence-corrected chi connectivity index (χ0v) is 21.8. The first-order valence-corrected chi connectivity index (χ1v) is 12.4. The number of ether oxygens (including phenoxy) is 1. The lowest BCUT2D eigenvalue weighted by Gasteiger charge is -2.34. The molecule has 2 N–H and O–H groups in total. The number of hydrogen-bond donors (Lipinski definition) is 3. The van der Waals surface area contributed by atoms with Crippen molar-refractivity contribution in [3.63, 3.8) is 0 Å². The van der Waals surface area contributed by atoms with Crippen LogP contribution in [0.2, 0.25) is 0 Å². The van der Waals surface area contributed by atoms with Crippen molar-refractivity contribution in [3.05, 3.63) is 35.9 Å². The highest BCUT2D eigenvalue weighted by Crippen LogP contribution is 2.24. The van der Waals surface area contributed by atoms with Crippen molar-refractivity contribution in [2.24, 2.45) is 0 Å². The van der Waals surface area contributed by atoms with E-state index in [2.05, 4.69) is 30.2 Å². The van der Waals surface area contributed by atoms with Crippen LogP contribution in [0.3, 0.4) is 0 Å². The first kappa shape index (κ1) is 28.8. The van der Waals surface area contributed by atoms with Crippen LogP contribution in [0, 0.1) is 0 Å². The van der Waals surface area contributed by atoms with Gasteiger partial charge in [-0.1, -0.05) is 56.5 Å².